The molecule has 2 aromatic rings. The van der Waals surface area contributed by atoms with Gasteiger partial charge in [-0.3, -0.25) is 4.79 Å². The van der Waals surface area contributed by atoms with Crippen molar-refractivity contribution < 1.29 is 14.3 Å². The molecular weight excluding hydrogens is 296 g/mol. The fourth-order valence-electron chi connectivity index (χ4n) is 1.80. The van der Waals surface area contributed by atoms with Gasteiger partial charge in [0, 0.05) is 12.6 Å². The summed E-state index contributed by atoms with van der Waals surface area (Å²) in [4.78, 5) is 20.4. The molecule has 7 heteroatoms. The maximum atomic E-state index is 12.2. The van der Waals surface area contributed by atoms with E-state index >= 15 is 0 Å². The molecule has 7 nitrogen and oxygen atoms in total. The van der Waals surface area contributed by atoms with Crippen molar-refractivity contribution in [3.8, 4) is 11.5 Å². The number of aromatic nitrogens is 2. The predicted octanol–water partition coefficient (Wildman–Crippen LogP) is 2.34. The van der Waals surface area contributed by atoms with Gasteiger partial charge in [0.25, 0.3) is 5.91 Å². The number of amides is 1. The van der Waals surface area contributed by atoms with Crippen molar-refractivity contribution in [1.82, 2.24) is 9.97 Å². The summed E-state index contributed by atoms with van der Waals surface area (Å²) >= 11 is 0. The third-order valence-corrected chi connectivity index (χ3v) is 2.97. The highest BCUT2D eigenvalue weighted by molar-refractivity contribution is 6.03. The van der Waals surface area contributed by atoms with E-state index in [1.165, 1.54) is 19.5 Å². The van der Waals surface area contributed by atoms with E-state index in [0.717, 1.165) is 0 Å². The van der Waals surface area contributed by atoms with E-state index in [9.17, 15) is 4.79 Å². The number of nitrogens with zero attached hydrogens (tertiary/aromatic N) is 2. The van der Waals surface area contributed by atoms with Crippen LogP contribution in [0.2, 0.25) is 0 Å². The third-order valence-electron chi connectivity index (χ3n) is 2.97. The summed E-state index contributed by atoms with van der Waals surface area (Å²) in [5, 5.41) is 5.72. The topological polar surface area (TPSA) is 85.4 Å². The summed E-state index contributed by atoms with van der Waals surface area (Å²) in [5.74, 6) is 1.33. The molecule has 1 amide bonds. The van der Waals surface area contributed by atoms with Gasteiger partial charge >= 0.3 is 0 Å². The molecule has 0 aliphatic heterocycles. The fourth-order valence-corrected chi connectivity index (χ4v) is 1.80. The van der Waals surface area contributed by atoms with Gasteiger partial charge in [-0.1, -0.05) is 6.08 Å². The molecule has 23 heavy (non-hydrogen) atoms. The molecule has 0 atom stereocenters. The number of hydrogen-bond acceptors (Lipinski definition) is 6. The second-order valence-electron chi connectivity index (χ2n) is 4.48. The number of carbonyl (C=O) groups is 1. The van der Waals surface area contributed by atoms with Crippen molar-refractivity contribution in [3.05, 3.63) is 48.9 Å². The molecule has 2 rings (SSSR count). The fraction of sp³-hybridized carbons (Fsp3) is 0.188. The maximum absolute atomic E-state index is 12.2. The van der Waals surface area contributed by atoms with E-state index in [2.05, 4.69) is 27.2 Å². The average molecular weight is 314 g/mol. The molecule has 0 saturated carbocycles. The lowest BCUT2D eigenvalue weighted by Crippen LogP contribution is -2.15. The van der Waals surface area contributed by atoms with E-state index < -0.39 is 0 Å². The Morgan fingerprint density at radius 3 is 2.70 bits per heavy atom. The van der Waals surface area contributed by atoms with Gasteiger partial charge in [0.1, 0.15) is 23.0 Å². The summed E-state index contributed by atoms with van der Waals surface area (Å²) in [6.07, 6.45) is 4.60. The van der Waals surface area contributed by atoms with Crippen LogP contribution >= 0.6 is 0 Å². The Bertz CT molecular complexity index is 686. The number of hydrogen-bond donors (Lipinski definition) is 2. The first-order chi connectivity index (χ1) is 11.2. The Labute approximate surface area is 134 Å². The van der Waals surface area contributed by atoms with Gasteiger partial charge in [-0.15, -0.1) is 6.58 Å². The van der Waals surface area contributed by atoms with Crippen LogP contribution in [0.3, 0.4) is 0 Å². The molecule has 1 aromatic carbocycles. The number of anilines is 2. The van der Waals surface area contributed by atoms with Crippen LogP contribution in [0, 0.1) is 0 Å². The summed E-state index contributed by atoms with van der Waals surface area (Å²) in [5.41, 5.74) is 0.723. The molecule has 120 valence electrons. The first-order valence-corrected chi connectivity index (χ1v) is 6.88. The summed E-state index contributed by atoms with van der Waals surface area (Å²) in [7, 11) is 3.08. The highest BCUT2D eigenvalue weighted by Gasteiger charge is 2.12. The van der Waals surface area contributed by atoms with Crippen LogP contribution in [0.4, 0.5) is 11.5 Å². The van der Waals surface area contributed by atoms with Gasteiger partial charge in [0.2, 0.25) is 0 Å². The molecule has 0 aliphatic rings. The number of benzene rings is 1. The molecule has 0 fully saturated rings. The molecule has 0 aliphatic carbocycles. The number of ether oxygens (including phenoxy) is 2. The minimum absolute atomic E-state index is 0.201. The second-order valence-corrected chi connectivity index (χ2v) is 4.48. The number of methoxy groups -OCH3 is 2. The van der Waals surface area contributed by atoms with Crippen molar-refractivity contribution in [2.75, 3.05) is 31.4 Å². The standard InChI is InChI=1S/C16H18N4O3/c1-4-7-17-15-10-18-13(9-19-15)16(21)20-12-6-5-11(22-2)8-14(12)23-3/h4-6,8-10H,1,7H2,2-3H3,(H,17,19)(H,20,21). The summed E-state index contributed by atoms with van der Waals surface area (Å²) in [6.45, 7) is 4.17. The van der Waals surface area contributed by atoms with Crippen LogP contribution < -0.4 is 20.1 Å². The van der Waals surface area contributed by atoms with Gasteiger partial charge in [-0.25, -0.2) is 9.97 Å². The van der Waals surface area contributed by atoms with Crippen molar-refractivity contribution in [3.63, 3.8) is 0 Å². The Morgan fingerprint density at radius 2 is 2.09 bits per heavy atom. The molecule has 2 N–H and O–H groups in total. The van der Waals surface area contributed by atoms with Gasteiger partial charge in [-0.2, -0.15) is 0 Å². The predicted molar refractivity (Wildman–Crippen MR) is 88.2 cm³/mol. The molecular formula is C16H18N4O3. The number of carbonyl (C=O) groups excluding carboxylic acids is 1. The molecule has 0 bridgehead atoms. The van der Waals surface area contributed by atoms with Crippen LogP contribution in [0.25, 0.3) is 0 Å². The largest absolute Gasteiger partial charge is 0.497 e. The van der Waals surface area contributed by atoms with Gasteiger partial charge in [0.15, 0.2) is 0 Å². The van der Waals surface area contributed by atoms with E-state index in [0.29, 0.717) is 29.5 Å². The van der Waals surface area contributed by atoms with Crippen LogP contribution in [0.5, 0.6) is 11.5 Å². The Hall–Kier alpha value is -3.09. The lowest BCUT2D eigenvalue weighted by Gasteiger charge is -2.11. The normalized spacial score (nSPS) is 9.83. The van der Waals surface area contributed by atoms with E-state index in [4.69, 9.17) is 9.47 Å². The smallest absolute Gasteiger partial charge is 0.275 e. The van der Waals surface area contributed by atoms with E-state index in [1.54, 1.807) is 31.4 Å². The van der Waals surface area contributed by atoms with E-state index in [-0.39, 0.29) is 11.6 Å². The minimum Gasteiger partial charge on any atom is -0.497 e. The van der Waals surface area contributed by atoms with Crippen molar-refractivity contribution >= 4 is 17.4 Å². The third kappa shape index (κ3) is 4.19. The molecule has 1 heterocycles. The highest BCUT2D eigenvalue weighted by Crippen LogP contribution is 2.29. The quantitative estimate of drug-likeness (QED) is 0.763. The SMILES string of the molecule is C=CCNc1cnc(C(=O)Nc2ccc(OC)cc2OC)cn1. The maximum Gasteiger partial charge on any atom is 0.275 e. The highest BCUT2D eigenvalue weighted by atomic mass is 16.5. The van der Waals surface area contributed by atoms with Crippen molar-refractivity contribution in [2.24, 2.45) is 0 Å². The van der Waals surface area contributed by atoms with Gasteiger partial charge < -0.3 is 20.1 Å². The van der Waals surface area contributed by atoms with Crippen LogP contribution in [-0.4, -0.2) is 36.6 Å². The Balaban J connectivity index is 2.11. The van der Waals surface area contributed by atoms with Gasteiger partial charge in [-0.05, 0) is 12.1 Å². The molecule has 0 saturated heterocycles. The number of nitrogens with one attached hydrogen (secondary N) is 2. The molecule has 1 aromatic heterocycles. The summed E-state index contributed by atoms with van der Waals surface area (Å²) in [6, 6.07) is 5.11. The van der Waals surface area contributed by atoms with E-state index in [1.807, 2.05) is 0 Å². The zero-order valence-electron chi connectivity index (χ0n) is 13.0. The van der Waals surface area contributed by atoms with Crippen molar-refractivity contribution in [1.29, 1.82) is 0 Å². The zero-order chi connectivity index (χ0) is 16.7. The second kappa shape index (κ2) is 7.79. The molecule has 0 spiro atoms. The zero-order valence-corrected chi connectivity index (χ0v) is 13.0. The average Bonchev–Trinajstić information content (AvgIpc) is 2.60. The monoisotopic (exact) mass is 314 g/mol. The molecule has 0 radical (unpaired) electrons. The van der Waals surface area contributed by atoms with Crippen LogP contribution in [-0.2, 0) is 0 Å². The lowest BCUT2D eigenvalue weighted by molar-refractivity contribution is 0.102. The first kappa shape index (κ1) is 16.3. The number of rotatable bonds is 7. The van der Waals surface area contributed by atoms with Crippen LogP contribution in [0.15, 0.2) is 43.2 Å². The Morgan fingerprint density at radius 1 is 1.26 bits per heavy atom. The first-order valence-electron chi connectivity index (χ1n) is 6.88. The van der Waals surface area contributed by atoms with Gasteiger partial charge in [0.05, 0.1) is 32.3 Å². The Kier molecular flexibility index (Phi) is 5.51. The molecule has 0 unspecified atom stereocenters. The van der Waals surface area contributed by atoms with Crippen molar-refractivity contribution in [2.45, 2.75) is 0 Å². The lowest BCUT2D eigenvalue weighted by atomic mass is 10.2. The van der Waals surface area contributed by atoms with Crippen LogP contribution in [0.1, 0.15) is 10.5 Å². The minimum atomic E-state index is -0.378. The summed E-state index contributed by atoms with van der Waals surface area (Å²) < 4.78 is 10.4.